The van der Waals surface area contributed by atoms with Crippen molar-refractivity contribution < 1.29 is 27.8 Å². The van der Waals surface area contributed by atoms with E-state index in [1.165, 1.54) is 17.8 Å². The van der Waals surface area contributed by atoms with Gasteiger partial charge in [0.05, 0.1) is 22.6 Å². The molecule has 7 rings (SSSR count). The first-order chi connectivity index (χ1) is 25.0. The quantitative estimate of drug-likeness (QED) is 0.194. The Balaban J connectivity index is 1.27. The monoisotopic (exact) mass is 765 g/mol. The van der Waals surface area contributed by atoms with Crippen molar-refractivity contribution in [2.24, 2.45) is 5.41 Å². The molecule has 280 valence electrons. The summed E-state index contributed by atoms with van der Waals surface area (Å²) in [4.78, 5) is 51.2. The summed E-state index contributed by atoms with van der Waals surface area (Å²) in [5, 5.41) is 0.480. The second kappa shape index (κ2) is 13.8. The molecule has 4 heterocycles. The third-order valence-electron chi connectivity index (χ3n) is 10.0. The Morgan fingerprint density at radius 2 is 1.68 bits per heavy atom. The number of benzene rings is 3. The Kier molecular flexibility index (Phi) is 9.63. The Morgan fingerprint density at radius 1 is 1.00 bits per heavy atom. The van der Waals surface area contributed by atoms with Gasteiger partial charge < -0.3 is 19.3 Å². The molecule has 10 nitrogen and oxygen atoms in total. The molecule has 14 heteroatoms. The number of ether oxygens (including phenoxy) is 2. The Hall–Kier alpha value is -4.36. The summed E-state index contributed by atoms with van der Waals surface area (Å²) < 4.78 is 43.0. The van der Waals surface area contributed by atoms with Gasteiger partial charge in [-0.25, -0.2) is 23.2 Å². The lowest BCUT2D eigenvalue weighted by molar-refractivity contribution is -0.00183. The molecular weight excluding hydrogens is 724 g/mol. The van der Waals surface area contributed by atoms with Gasteiger partial charge in [0.15, 0.2) is 0 Å². The van der Waals surface area contributed by atoms with E-state index >= 15 is 4.39 Å². The maximum atomic E-state index is 15.6. The van der Waals surface area contributed by atoms with Crippen LogP contribution in [0.15, 0.2) is 58.2 Å². The molecule has 3 aliphatic rings. The maximum Gasteiger partial charge on any atom is 0.410 e. The number of hydrogen-bond donors (Lipinski definition) is 0. The normalized spacial score (nSPS) is 19.6. The molecule has 1 aromatic heterocycles. The van der Waals surface area contributed by atoms with Gasteiger partial charge in [0, 0.05) is 71.4 Å². The smallest absolute Gasteiger partial charge is 0.410 e. The molecule has 0 bridgehead atoms. The highest BCUT2D eigenvalue weighted by Crippen LogP contribution is 2.49. The number of hydrogen-bond acceptors (Lipinski definition) is 8. The lowest BCUT2D eigenvalue weighted by Crippen LogP contribution is -2.62. The predicted octanol–water partition coefficient (Wildman–Crippen LogP) is 7.88. The van der Waals surface area contributed by atoms with Crippen LogP contribution >= 0.6 is 23.4 Å². The maximum absolute atomic E-state index is 15.6. The molecule has 0 aliphatic carbocycles. The molecule has 2 fully saturated rings. The summed E-state index contributed by atoms with van der Waals surface area (Å²) >= 11 is 7.69. The second-order valence-corrected chi connectivity index (χ2v) is 16.9. The second-order valence-electron chi connectivity index (χ2n) is 15.5. The average molecular weight is 766 g/mol. The zero-order chi connectivity index (χ0) is 38.0. The summed E-state index contributed by atoms with van der Waals surface area (Å²) in [6.07, 6.45) is -0.843. The molecule has 0 unspecified atom stereocenters. The molecule has 53 heavy (non-hydrogen) atoms. The van der Waals surface area contributed by atoms with E-state index in [4.69, 9.17) is 21.1 Å². The topological polar surface area (TPSA) is 97.2 Å². The van der Waals surface area contributed by atoms with Gasteiger partial charge in [-0.15, -0.1) is 11.8 Å². The molecule has 2 amide bonds. The third-order valence-corrected chi connectivity index (χ3v) is 11.8. The lowest BCUT2D eigenvalue weighted by Gasteiger charge is -2.48. The number of likely N-dealkylation sites (tertiary alicyclic amines) is 1. The van der Waals surface area contributed by atoms with Crippen LogP contribution in [0.5, 0.6) is 0 Å². The van der Waals surface area contributed by atoms with Gasteiger partial charge in [-0.3, -0.25) is 9.47 Å². The van der Waals surface area contributed by atoms with Crippen LogP contribution < -0.4 is 10.6 Å². The fourth-order valence-corrected chi connectivity index (χ4v) is 9.43. The largest absolute Gasteiger partial charge is 0.445 e. The van der Waals surface area contributed by atoms with Crippen LogP contribution in [0.3, 0.4) is 0 Å². The lowest BCUT2D eigenvalue weighted by atomic mass is 9.81. The van der Waals surface area contributed by atoms with Crippen molar-refractivity contribution in [3.05, 3.63) is 86.8 Å². The fraction of sp³-hybridized carbons (Fsp3) is 0.436. The molecule has 1 spiro atoms. The molecule has 0 saturated carbocycles. The number of carbonyl (C=O) groups excluding carboxylic acids is 2. The van der Waals surface area contributed by atoms with Crippen LogP contribution in [0.2, 0.25) is 5.02 Å². The van der Waals surface area contributed by atoms with Gasteiger partial charge in [-0.2, -0.15) is 4.98 Å². The summed E-state index contributed by atoms with van der Waals surface area (Å²) in [5.74, 6) is -0.662. The number of carbonyl (C=O) groups is 2. The van der Waals surface area contributed by atoms with E-state index in [-0.39, 0.29) is 35.8 Å². The summed E-state index contributed by atoms with van der Waals surface area (Å²) in [5.41, 5.74) is 1.16. The minimum absolute atomic E-state index is 0.125. The van der Waals surface area contributed by atoms with Gasteiger partial charge in [0.25, 0.3) is 0 Å². The minimum Gasteiger partial charge on any atom is -0.445 e. The van der Waals surface area contributed by atoms with Gasteiger partial charge in [-0.05, 0) is 64.8 Å². The number of rotatable bonds is 4. The number of thioether (sulfide) groups is 1. The molecule has 2 saturated heterocycles. The number of aryl methyl sites for hydroxylation is 1. The Labute approximate surface area is 316 Å². The summed E-state index contributed by atoms with van der Waals surface area (Å²) in [6, 6.07) is 12.9. The first kappa shape index (κ1) is 37.0. The van der Waals surface area contributed by atoms with Crippen molar-refractivity contribution in [1.29, 1.82) is 0 Å². The highest BCUT2D eigenvalue weighted by Gasteiger charge is 2.48. The standard InChI is InChI=1S/C39H42ClF2N5O5S/c1-22-12-27-32-33(31(22)26-13-28(40)30(42)14-29(26)41)53-21-39(18-45(19-39)36(49)51-17-25-10-8-7-9-11-25)20-46(32)35(48)43-34(27)44-15-23(2)47(24(3)16-44)37(50)52-38(4,5)6/h7-14,23-24H,15-21H2,1-6H3/t23-,24+. The number of nitrogens with zero attached hydrogens (tertiary/aromatic N) is 5. The van der Waals surface area contributed by atoms with Gasteiger partial charge in [0.2, 0.25) is 0 Å². The molecule has 0 radical (unpaired) electrons. The zero-order valence-corrected chi connectivity index (χ0v) is 32.1. The average Bonchev–Trinajstić information content (AvgIpc) is 3.25. The van der Waals surface area contributed by atoms with Crippen LogP contribution in [-0.4, -0.2) is 81.2 Å². The van der Waals surface area contributed by atoms with Crippen LogP contribution in [0.25, 0.3) is 22.0 Å². The molecule has 2 atom stereocenters. The first-order valence-electron chi connectivity index (χ1n) is 17.6. The third kappa shape index (κ3) is 7.05. The Bertz CT molecular complexity index is 2160. The predicted molar refractivity (Wildman–Crippen MR) is 202 cm³/mol. The van der Waals surface area contributed by atoms with Gasteiger partial charge >= 0.3 is 17.9 Å². The van der Waals surface area contributed by atoms with Crippen molar-refractivity contribution in [3.8, 4) is 11.1 Å². The van der Waals surface area contributed by atoms with Crippen LogP contribution in [0, 0.1) is 24.0 Å². The van der Waals surface area contributed by atoms with E-state index in [1.807, 2.05) is 82.8 Å². The summed E-state index contributed by atoms with van der Waals surface area (Å²) in [6.45, 7) is 13.1. The molecule has 3 aliphatic heterocycles. The highest BCUT2D eigenvalue weighted by atomic mass is 35.5. The molecule has 3 aromatic carbocycles. The van der Waals surface area contributed by atoms with E-state index in [0.29, 0.717) is 64.7 Å². The van der Waals surface area contributed by atoms with Crippen LogP contribution in [0.1, 0.15) is 45.7 Å². The number of piperazine rings is 1. The van der Waals surface area contributed by atoms with E-state index in [0.717, 1.165) is 11.6 Å². The van der Waals surface area contributed by atoms with Crippen molar-refractivity contribution >= 4 is 52.3 Å². The fourth-order valence-electron chi connectivity index (χ4n) is 7.77. The highest BCUT2D eigenvalue weighted by molar-refractivity contribution is 7.99. The number of aromatic nitrogens is 2. The van der Waals surface area contributed by atoms with E-state index in [9.17, 15) is 18.8 Å². The zero-order valence-electron chi connectivity index (χ0n) is 30.5. The number of anilines is 1. The molecule has 0 N–H and O–H groups in total. The van der Waals surface area contributed by atoms with Crippen molar-refractivity contribution in [3.63, 3.8) is 0 Å². The van der Waals surface area contributed by atoms with Crippen LogP contribution in [0.4, 0.5) is 24.2 Å². The van der Waals surface area contributed by atoms with Gasteiger partial charge in [0.1, 0.15) is 29.7 Å². The Morgan fingerprint density at radius 3 is 2.34 bits per heavy atom. The SMILES string of the molecule is Cc1cc2c(N3C[C@@H](C)N(C(=O)OC(C)(C)C)[C@@H](C)C3)nc(=O)n3c2c(c1-c1cc(Cl)c(F)cc1F)SCC1(CN(C(=O)OCc2ccccc2)C1)C3. The first-order valence-corrected chi connectivity index (χ1v) is 19.0. The van der Waals surface area contributed by atoms with E-state index in [2.05, 4.69) is 4.98 Å². The van der Waals surface area contributed by atoms with E-state index < -0.39 is 40.5 Å². The summed E-state index contributed by atoms with van der Waals surface area (Å²) in [7, 11) is 0. The van der Waals surface area contributed by atoms with Crippen molar-refractivity contribution in [2.75, 3.05) is 36.8 Å². The number of amides is 2. The van der Waals surface area contributed by atoms with Crippen molar-refractivity contribution in [1.82, 2.24) is 19.4 Å². The van der Waals surface area contributed by atoms with Gasteiger partial charge in [-0.1, -0.05) is 41.9 Å². The van der Waals surface area contributed by atoms with Crippen molar-refractivity contribution in [2.45, 2.75) is 77.3 Å². The van der Waals surface area contributed by atoms with Crippen LogP contribution in [-0.2, 0) is 22.6 Å². The molecular formula is C39H42ClF2N5O5S. The van der Waals surface area contributed by atoms with E-state index in [1.54, 1.807) is 14.4 Å². The molecule has 4 aromatic rings. The minimum atomic E-state index is -0.866. The number of halogens is 3.